The number of fused-ring (bicyclic) bond motifs is 1. The third-order valence-corrected chi connectivity index (χ3v) is 4.56. The van der Waals surface area contributed by atoms with Crippen molar-refractivity contribution in [1.82, 2.24) is 0 Å². The molecule has 5 N–H and O–H groups in total. The minimum Gasteiger partial charge on any atom is -0.507 e. The quantitative estimate of drug-likeness (QED) is 0.318. The molecule has 0 aliphatic carbocycles. The van der Waals surface area contributed by atoms with E-state index >= 15 is 0 Å². The van der Waals surface area contributed by atoms with Gasteiger partial charge in [-0.15, -0.1) is 0 Å². The summed E-state index contributed by atoms with van der Waals surface area (Å²) >= 11 is 6.01. The fourth-order valence-corrected chi connectivity index (χ4v) is 3.00. The Kier molecular flexibility index (Phi) is 6.83. The van der Waals surface area contributed by atoms with Gasteiger partial charge in [-0.25, -0.2) is 4.79 Å². The van der Waals surface area contributed by atoms with Gasteiger partial charge in [0.15, 0.2) is 0 Å². The predicted molar refractivity (Wildman–Crippen MR) is 94.8 cm³/mol. The zero-order valence-corrected chi connectivity index (χ0v) is 15.3. The molecule has 1 aromatic rings. The van der Waals surface area contributed by atoms with E-state index in [4.69, 9.17) is 16.3 Å². The van der Waals surface area contributed by atoms with Gasteiger partial charge >= 0.3 is 5.97 Å². The Balaban J connectivity index is 2.49. The highest BCUT2D eigenvalue weighted by molar-refractivity contribution is 6.33. The van der Waals surface area contributed by atoms with Crippen LogP contribution in [0.5, 0.6) is 11.5 Å². The molecule has 1 aromatic carbocycles. The van der Waals surface area contributed by atoms with Gasteiger partial charge in [0.1, 0.15) is 28.9 Å². The first-order chi connectivity index (χ1) is 12.6. The summed E-state index contributed by atoms with van der Waals surface area (Å²) < 4.78 is 5.19. The summed E-state index contributed by atoms with van der Waals surface area (Å²) in [6, 6.07) is 0.858. The van der Waals surface area contributed by atoms with Crippen LogP contribution in [0.25, 0.3) is 0 Å². The number of esters is 1. The van der Waals surface area contributed by atoms with E-state index in [1.54, 1.807) is 0 Å². The second-order valence-corrected chi connectivity index (χ2v) is 6.84. The van der Waals surface area contributed by atoms with Gasteiger partial charge in [-0.2, -0.15) is 0 Å². The van der Waals surface area contributed by atoms with Crippen molar-refractivity contribution in [3.63, 3.8) is 0 Å². The number of aromatic hydroxyl groups is 2. The minimum absolute atomic E-state index is 0.00804. The van der Waals surface area contributed by atoms with Gasteiger partial charge in [0.05, 0.1) is 23.3 Å². The lowest BCUT2D eigenvalue weighted by atomic mass is 9.96. The van der Waals surface area contributed by atoms with Gasteiger partial charge in [-0.1, -0.05) is 23.8 Å². The lowest BCUT2D eigenvalue weighted by molar-refractivity contribution is -0.121. The van der Waals surface area contributed by atoms with Crippen molar-refractivity contribution in [3.8, 4) is 11.5 Å². The zero-order chi connectivity index (χ0) is 20.3. The molecule has 0 aromatic heterocycles. The molecule has 8 nitrogen and oxygen atoms in total. The number of benzene rings is 1. The number of phenols is 2. The molecule has 2 rings (SSSR count). The van der Waals surface area contributed by atoms with Crippen LogP contribution in [0, 0.1) is 0 Å². The molecule has 1 heterocycles. The normalized spacial score (nSPS) is 28.8. The molecule has 27 heavy (non-hydrogen) atoms. The van der Waals surface area contributed by atoms with Crippen molar-refractivity contribution in [2.24, 2.45) is 0 Å². The molecule has 1 aliphatic heterocycles. The van der Waals surface area contributed by atoms with Gasteiger partial charge in [-0.3, -0.25) is 4.79 Å². The fraction of sp³-hybridized carbons (Fsp3) is 0.444. The Hall–Kier alpha value is -2.13. The van der Waals surface area contributed by atoms with Crippen LogP contribution < -0.4 is 0 Å². The minimum atomic E-state index is -1.44. The van der Waals surface area contributed by atoms with Gasteiger partial charge in [0.25, 0.3) is 0 Å². The molecule has 148 valence electrons. The molecule has 0 radical (unpaired) electrons. The Morgan fingerprint density at radius 3 is 2.44 bits per heavy atom. The van der Waals surface area contributed by atoms with Crippen molar-refractivity contribution < 1.29 is 39.9 Å². The number of rotatable bonds is 0. The van der Waals surface area contributed by atoms with E-state index in [-0.39, 0.29) is 22.6 Å². The van der Waals surface area contributed by atoms with E-state index in [1.807, 2.05) is 0 Å². The molecular weight excluding hydrogens is 380 g/mol. The first-order valence-corrected chi connectivity index (χ1v) is 8.66. The highest BCUT2D eigenvalue weighted by Crippen LogP contribution is 2.37. The number of Topliss-reactive ketones (excluding diaryl/α,β-unsaturated/α-hetero) is 1. The SMILES string of the molecule is CC1CC(O)/C=C/C(O)C(O)CC(=O)Cc2c(Cl)c(O)cc(O)c2C(=O)O1. The van der Waals surface area contributed by atoms with Gasteiger partial charge < -0.3 is 30.3 Å². The predicted octanol–water partition coefficient (Wildman–Crippen LogP) is 0.841. The summed E-state index contributed by atoms with van der Waals surface area (Å²) in [4.78, 5) is 24.7. The molecule has 0 spiro atoms. The van der Waals surface area contributed by atoms with E-state index < -0.39 is 60.5 Å². The lowest BCUT2D eigenvalue weighted by Crippen LogP contribution is -2.29. The van der Waals surface area contributed by atoms with E-state index in [9.17, 15) is 35.1 Å². The van der Waals surface area contributed by atoms with Crippen LogP contribution in [0.15, 0.2) is 18.2 Å². The largest absolute Gasteiger partial charge is 0.507 e. The third-order valence-electron chi connectivity index (χ3n) is 4.14. The van der Waals surface area contributed by atoms with E-state index in [0.29, 0.717) is 0 Å². The summed E-state index contributed by atoms with van der Waals surface area (Å²) in [5.74, 6) is -2.72. The molecule has 1 aliphatic rings. The van der Waals surface area contributed by atoms with Crippen LogP contribution in [0.3, 0.4) is 0 Å². The van der Waals surface area contributed by atoms with Crippen molar-refractivity contribution in [3.05, 3.63) is 34.4 Å². The number of cyclic esters (lactones) is 1. The monoisotopic (exact) mass is 400 g/mol. The van der Waals surface area contributed by atoms with E-state index in [1.165, 1.54) is 13.0 Å². The zero-order valence-electron chi connectivity index (χ0n) is 14.5. The Bertz CT molecular complexity index is 760. The number of phenolic OH excluding ortho intramolecular Hbond substituents is 2. The fourth-order valence-electron chi connectivity index (χ4n) is 2.78. The Morgan fingerprint density at radius 1 is 1.11 bits per heavy atom. The maximum absolute atomic E-state index is 12.5. The number of carbonyl (C=O) groups excluding carboxylic acids is 2. The molecule has 0 amide bonds. The van der Waals surface area contributed by atoms with Gasteiger partial charge in [-0.05, 0) is 6.92 Å². The molecule has 0 bridgehead atoms. The first-order valence-electron chi connectivity index (χ1n) is 8.28. The molecule has 0 saturated heterocycles. The second-order valence-electron chi connectivity index (χ2n) is 6.46. The summed E-state index contributed by atoms with van der Waals surface area (Å²) in [6.45, 7) is 1.51. The number of hydrogen-bond acceptors (Lipinski definition) is 8. The topological polar surface area (TPSA) is 145 Å². The number of halogens is 1. The number of carbonyl (C=O) groups is 2. The standard InChI is InChI=1S/C18H21ClO8/c1-8-4-9(20)2-3-12(22)13(23)6-10(21)5-11-16(18(26)27-8)14(24)7-15(25)17(11)19/h2-3,7-9,12-13,20,22-25H,4-6H2,1H3/b3-2+. The Morgan fingerprint density at radius 2 is 1.78 bits per heavy atom. The summed E-state index contributed by atoms with van der Waals surface area (Å²) in [5.41, 5.74) is -0.527. The lowest BCUT2D eigenvalue weighted by Gasteiger charge is -2.20. The van der Waals surface area contributed by atoms with Crippen molar-refractivity contribution in [2.45, 2.75) is 50.6 Å². The van der Waals surface area contributed by atoms with Crippen LogP contribution in [-0.2, 0) is 16.0 Å². The molecular formula is C18H21ClO8. The first kappa shape index (κ1) is 21.2. The van der Waals surface area contributed by atoms with Crippen molar-refractivity contribution in [1.29, 1.82) is 0 Å². The summed E-state index contributed by atoms with van der Waals surface area (Å²) in [6.07, 6.45) is -3.27. The van der Waals surface area contributed by atoms with Crippen LogP contribution in [0.2, 0.25) is 5.02 Å². The summed E-state index contributed by atoms with van der Waals surface area (Å²) in [7, 11) is 0. The number of ether oxygens (including phenoxy) is 1. The van der Waals surface area contributed by atoms with Crippen LogP contribution in [0.1, 0.15) is 35.7 Å². The van der Waals surface area contributed by atoms with E-state index in [0.717, 1.165) is 12.1 Å². The van der Waals surface area contributed by atoms with Crippen LogP contribution in [0.4, 0.5) is 0 Å². The summed E-state index contributed by atoms with van der Waals surface area (Å²) in [5, 5.41) is 49.3. The average molecular weight is 401 g/mol. The second kappa shape index (κ2) is 8.71. The van der Waals surface area contributed by atoms with Gasteiger partial charge in [0, 0.05) is 30.9 Å². The number of hydrogen-bond donors (Lipinski definition) is 5. The maximum atomic E-state index is 12.5. The van der Waals surface area contributed by atoms with Crippen LogP contribution in [-0.4, -0.2) is 61.7 Å². The third kappa shape index (κ3) is 5.20. The van der Waals surface area contributed by atoms with Crippen LogP contribution >= 0.6 is 11.6 Å². The molecule has 4 unspecified atom stereocenters. The molecule has 0 fully saturated rings. The van der Waals surface area contributed by atoms with Gasteiger partial charge in [0.2, 0.25) is 0 Å². The Labute approximate surface area is 160 Å². The molecule has 4 atom stereocenters. The smallest absolute Gasteiger partial charge is 0.342 e. The number of aliphatic hydroxyl groups excluding tert-OH is 3. The van der Waals surface area contributed by atoms with E-state index in [2.05, 4.69) is 0 Å². The average Bonchev–Trinajstić information content (AvgIpc) is 2.56. The molecule has 0 saturated carbocycles. The number of aliphatic hydroxyl groups is 3. The highest BCUT2D eigenvalue weighted by atomic mass is 35.5. The van der Waals surface area contributed by atoms with Crippen molar-refractivity contribution >= 4 is 23.4 Å². The molecule has 9 heteroatoms. The van der Waals surface area contributed by atoms with Crippen molar-refractivity contribution in [2.75, 3.05) is 0 Å². The maximum Gasteiger partial charge on any atom is 0.342 e. The number of ketones is 1. The highest BCUT2D eigenvalue weighted by Gasteiger charge is 2.28.